The van der Waals surface area contributed by atoms with Crippen LogP contribution in [0.25, 0.3) is 0 Å². The van der Waals surface area contributed by atoms with E-state index in [9.17, 15) is 0 Å². The summed E-state index contributed by atoms with van der Waals surface area (Å²) in [7, 11) is 0. The van der Waals surface area contributed by atoms with E-state index in [1.807, 2.05) is 18.2 Å². The van der Waals surface area contributed by atoms with Gasteiger partial charge < -0.3 is 5.73 Å². The number of benzene rings is 1. The third-order valence-electron chi connectivity index (χ3n) is 3.94. The highest BCUT2D eigenvalue weighted by Crippen LogP contribution is 2.33. The zero-order valence-corrected chi connectivity index (χ0v) is 11.3. The molecule has 1 saturated heterocycles. The number of hydrogen-bond acceptors (Lipinski definition) is 2. The Balaban J connectivity index is 2.20. The first-order valence-corrected chi connectivity index (χ1v) is 6.69. The minimum Gasteiger partial charge on any atom is -0.329 e. The molecule has 2 nitrogen and oxygen atoms in total. The van der Waals surface area contributed by atoms with Crippen LogP contribution in [0.5, 0.6) is 0 Å². The summed E-state index contributed by atoms with van der Waals surface area (Å²) in [5, 5.41) is 0.829. The van der Waals surface area contributed by atoms with Gasteiger partial charge in [0.15, 0.2) is 0 Å². The van der Waals surface area contributed by atoms with Gasteiger partial charge in [-0.3, -0.25) is 4.90 Å². The Morgan fingerprint density at radius 3 is 2.41 bits per heavy atom. The van der Waals surface area contributed by atoms with E-state index in [1.54, 1.807) is 0 Å². The van der Waals surface area contributed by atoms with Crippen LogP contribution in [0.4, 0.5) is 0 Å². The summed E-state index contributed by atoms with van der Waals surface area (Å²) in [6.07, 6.45) is 0. The second kappa shape index (κ2) is 5.38. The fourth-order valence-corrected chi connectivity index (χ4v) is 2.91. The van der Waals surface area contributed by atoms with Crippen molar-refractivity contribution in [3.8, 4) is 0 Å². The summed E-state index contributed by atoms with van der Waals surface area (Å²) in [5.74, 6) is 1.48. The third-order valence-corrected chi connectivity index (χ3v) is 4.29. The SMILES string of the molecule is CC1CN(C(CN)c2ccccc2Cl)CC1C. The van der Waals surface area contributed by atoms with Crippen molar-refractivity contribution in [1.82, 2.24) is 4.90 Å². The molecule has 3 heteroatoms. The van der Waals surface area contributed by atoms with Crippen molar-refractivity contribution in [2.45, 2.75) is 19.9 Å². The zero-order valence-electron chi connectivity index (χ0n) is 10.6. The Hall–Kier alpha value is -0.570. The maximum absolute atomic E-state index is 6.27. The lowest BCUT2D eigenvalue weighted by molar-refractivity contribution is 0.240. The smallest absolute Gasteiger partial charge is 0.0485 e. The standard InChI is InChI=1S/C14H21ClN2/c1-10-8-17(9-11(10)2)14(7-16)12-5-3-4-6-13(12)15/h3-6,10-11,14H,7-9,16H2,1-2H3. The Kier molecular flexibility index (Phi) is 4.08. The molecule has 0 radical (unpaired) electrons. The van der Waals surface area contributed by atoms with E-state index in [1.165, 1.54) is 0 Å². The number of nitrogens with zero attached hydrogens (tertiary/aromatic N) is 1. The molecular formula is C14H21ClN2. The zero-order chi connectivity index (χ0) is 12.4. The van der Waals surface area contributed by atoms with Crippen molar-refractivity contribution < 1.29 is 0 Å². The molecule has 2 rings (SSSR count). The van der Waals surface area contributed by atoms with Crippen molar-refractivity contribution in [2.75, 3.05) is 19.6 Å². The average molecular weight is 253 g/mol. The van der Waals surface area contributed by atoms with Crippen molar-refractivity contribution in [1.29, 1.82) is 0 Å². The molecule has 2 N–H and O–H groups in total. The summed E-state index contributed by atoms with van der Waals surface area (Å²) >= 11 is 6.27. The lowest BCUT2D eigenvalue weighted by Gasteiger charge is -2.27. The van der Waals surface area contributed by atoms with Crippen molar-refractivity contribution in [3.05, 3.63) is 34.9 Å². The van der Waals surface area contributed by atoms with Crippen LogP contribution < -0.4 is 5.73 Å². The maximum atomic E-state index is 6.27. The van der Waals surface area contributed by atoms with E-state index < -0.39 is 0 Å². The van der Waals surface area contributed by atoms with Crippen molar-refractivity contribution in [3.63, 3.8) is 0 Å². The minimum atomic E-state index is 0.260. The molecule has 1 aromatic carbocycles. The molecular weight excluding hydrogens is 232 g/mol. The molecule has 1 fully saturated rings. The number of rotatable bonds is 3. The number of likely N-dealkylation sites (tertiary alicyclic amines) is 1. The van der Waals surface area contributed by atoms with Crippen molar-refractivity contribution >= 4 is 11.6 Å². The highest BCUT2D eigenvalue weighted by molar-refractivity contribution is 6.31. The highest BCUT2D eigenvalue weighted by atomic mass is 35.5. The Morgan fingerprint density at radius 2 is 1.88 bits per heavy atom. The van der Waals surface area contributed by atoms with Crippen LogP contribution in [0.15, 0.2) is 24.3 Å². The molecule has 3 unspecified atom stereocenters. The van der Waals surface area contributed by atoms with Crippen LogP contribution >= 0.6 is 11.6 Å². The predicted octanol–water partition coefficient (Wildman–Crippen LogP) is 2.93. The van der Waals surface area contributed by atoms with Crippen LogP contribution in [-0.4, -0.2) is 24.5 Å². The molecule has 1 aliphatic heterocycles. The second-order valence-corrected chi connectivity index (χ2v) is 5.59. The topological polar surface area (TPSA) is 29.3 Å². The van der Waals surface area contributed by atoms with Crippen LogP contribution in [0, 0.1) is 11.8 Å². The quantitative estimate of drug-likeness (QED) is 0.896. The van der Waals surface area contributed by atoms with E-state index in [2.05, 4.69) is 24.8 Å². The Bertz CT molecular complexity index is 370. The Morgan fingerprint density at radius 1 is 1.29 bits per heavy atom. The van der Waals surface area contributed by atoms with Gasteiger partial charge in [-0.1, -0.05) is 43.6 Å². The molecule has 1 heterocycles. The third kappa shape index (κ3) is 2.65. The van der Waals surface area contributed by atoms with Gasteiger partial charge in [0.2, 0.25) is 0 Å². The van der Waals surface area contributed by atoms with Crippen LogP contribution in [0.3, 0.4) is 0 Å². The lowest BCUT2D eigenvalue weighted by atomic mass is 10.0. The molecule has 0 aromatic heterocycles. The van der Waals surface area contributed by atoms with E-state index in [0.717, 1.165) is 35.5 Å². The van der Waals surface area contributed by atoms with Gasteiger partial charge >= 0.3 is 0 Å². The van der Waals surface area contributed by atoms with Crippen molar-refractivity contribution in [2.24, 2.45) is 17.6 Å². The van der Waals surface area contributed by atoms with Crippen LogP contribution in [-0.2, 0) is 0 Å². The molecule has 1 aliphatic rings. The molecule has 0 aliphatic carbocycles. The molecule has 17 heavy (non-hydrogen) atoms. The van der Waals surface area contributed by atoms with Gasteiger partial charge in [0.25, 0.3) is 0 Å². The maximum Gasteiger partial charge on any atom is 0.0485 e. The van der Waals surface area contributed by atoms with E-state index in [4.69, 9.17) is 17.3 Å². The van der Waals surface area contributed by atoms with Gasteiger partial charge in [-0.25, -0.2) is 0 Å². The van der Waals surface area contributed by atoms with Gasteiger partial charge in [0.1, 0.15) is 0 Å². The first kappa shape index (κ1) is 12.9. The van der Waals surface area contributed by atoms with Gasteiger partial charge in [0, 0.05) is 30.7 Å². The summed E-state index contributed by atoms with van der Waals surface area (Å²) in [6.45, 7) is 7.49. The van der Waals surface area contributed by atoms with Gasteiger partial charge in [-0.05, 0) is 23.5 Å². The number of nitrogens with two attached hydrogens (primary N) is 1. The molecule has 0 spiro atoms. The van der Waals surface area contributed by atoms with E-state index >= 15 is 0 Å². The molecule has 3 atom stereocenters. The molecule has 94 valence electrons. The van der Waals surface area contributed by atoms with Gasteiger partial charge in [-0.2, -0.15) is 0 Å². The predicted molar refractivity (Wildman–Crippen MR) is 73.1 cm³/mol. The minimum absolute atomic E-state index is 0.260. The average Bonchev–Trinajstić information content (AvgIpc) is 2.63. The monoisotopic (exact) mass is 252 g/mol. The second-order valence-electron chi connectivity index (χ2n) is 5.18. The summed E-state index contributed by atoms with van der Waals surface area (Å²) in [4.78, 5) is 2.47. The van der Waals surface area contributed by atoms with Crippen LogP contribution in [0.1, 0.15) is 25.5 Å². The largest absolute Gasteiger partial charge is 0.329 e. The van der Waals surface area contributed by atoms with E-state index in [-0.39, 0.29) is 6.04 Å². The molecule has 0 bridgehead atoms. The first-order chi connectivity index (χ1) is 8.13. The first-order valence-electron chi connectivity index (χ1n) is 6.32. The molecule has 0 amide bonds. The van der Waals surface area contributed by atoms with Gasteiger partial charge in [-0.15, -0.1) is 0 Å². The van der Waals surface area contributed by atoms with E-state index in [0.29, 0.717) is 6.54 Å². The van der Waals surface area contributed by atoms with Gasteiger partial charge in [0.05, 0.1) is 0 Å². The fourth-order valence-electron chi connectivity index (χ4n) is 2.65. The summed E-state index contributed by atoms with van der Waals surface area (Å²) < 4.78 is 0. The Labute approximate surface area is 109 Å². The number of halogens is 1. The van der Waals surface area contributed by atoms with Crippen LogP contribution in [0.2, 0.25) is 5.02 Å². The molecule has 0 saturated carbocycles. The fraction of sp³-hybridized carbons (Fsp3) is 0.571. The summed E-state index contributed by atoms with van der Waals surface area (Å²) in [6, 6.07) is 8.30. The lowest BCUT2D eigenvalue weighted by Crippen LogP contribution is -2.32. The molecule has 1 aromatic rings. The number of hydrogen-bond donors (Lipinski definition) is 1. The highest BCUT2D eigenvalue weighted by Gasteiger charge is 2.31. The normalized spacial score (nSPS) is 27.3. The summed E-state index contributed by atoms with van der Waals surface area (Å²) in [5.41, 5.74) is 7.11.